The van der Waals surface area contributed by atoms with E-state index in [9.17, 15) is 4.79 Å². The fourth-order valence-corrected chi connectivity index (χ4v) is 3.47. The number of carbonyl (C=O) groups excluding carboxylic acids is 1. The molecule has 2 aromatic rings. The van der Waals surface area contributed by atoms with E-state index in [1.165, 1.54) is 22.7 Å². The summed E-state index contributed by atoms with van der Waals surface area (Å²) >= 11 is 2.90. The van der Waals surface area contributed by atoms with E-state index in [0.29, 0.717) is 17.4 Å². The van der Waals surface area contributed by atoms with Gasteiger partial charge in [0.25, 0.3) is 0 Å². The standard InChI is InChI=1S/C14H13NO2S2/c1-14(2)8-17-13(15-14)9-5-7-19-12(9)11(16)10-4-3-6-18-10/h3-7H,8H2,1-2H3. The molecule has 5 heteroatoms. The molecule has 1 aliphatic rings. The summed E-state index contributed by atoms with van der Waals surface area (Å²) in [4.78, 5) is 18.4. The van der Waals surface area contributed by atoms with Gasteiger partial charge < -0.3 is 4.74 Å². The smallest absolute Gasteiger partial charge is 0.218 e. The Kier molecular flexibility index (Phi) is 3.03. The van der Waals surface area contributed by atoms with Gasteiger partial charge in [0.05, 0.1) is 20.9 Å². The largest absolute Gasteiger partial charge is 0.475 e. The summed E-state index contributed by atoms with van der Waals surface area (Å²) < 4.78 is 5.63. The zero-order chi connectivity index (χ0) is 13.5. The minimum absolute atomic E-state index is 0.0519. The van der Waals surface area contributed by atoms with E-state index in [1.807, 2.05) is 42.8 Å². The van der Waals surface area contributed by atoms with Gasteiger partial charge in [-0.2, -0.15) is 0 Å². The number of ketones is 1. The molecule has 0 saturated heterocycles. The summed E-state index contributed by atoms with van der Waals surface area (Å²) in [6.45, 7) is 4.60. The van der Waals surface area contributed by atoms with Crippen molar-refractivity contribution in [1.29, 1.82) is 0 Å². The zero-order valence-corrected chi connectivity index (χ0v) is 12.3. The van der Waals surface area contributed by atoms with Crippen LogP contribution < -0.4 is 0 Å². The monoisotopic (exact) mass is 291 g/mol. The summed E-state index contributed by atoms with van der Waals surface area (Å²) in [5.41, 5.74) is 0.606. The van der Waals surface area contributed by atoms with Gasteiger partial charge in [0.2, 0.25) is 11.7 Å². The van der Waals surface area contributed by atoms with E-state index < -0.39 is 0 Å². The van der Waals surface area contributed by atoms with Gasteiger partial charge in [0.15, 0.2) is 0 Å². The minimum atomic E-state index is -0.208. The van der Waals surface area contributed by atoms with Crippen LogP contribution >= 0.6 is 22.7 Å². The lowest BCUT2D eigenvalue weighted by atomic mass is 10.1. The molecule has 1 aliphatic heterocycles. The number of carbonyl (C=O) groups is 1. The number of nitrogens with zero attached hydrogens (tertiary/aromatic N) is 1. The number of hydrogen-bond acceptors (Lipinski definition) is 5. The summed E-state index contributed by atoms with van der Waals surface area (Å²) in [6.07, 6.45) is 0. The van der Waals surface area contributed by atoms with Gasteiger partial charge in [-0.1, -0.05) is 6.07 Å². The third-order valence-electron chi connectivity index (χ3n) is 2.81. The van der Waals surface area contributed by atoms with Gasteiger partial charge in [-0.3, -0.25) is 4.79 Å². The lowest BCUT2D eigenvalue weighted by molar-refractivity contribution is 0.104. The van der Waals surface area contributed by atoms with Crippen molar-refractivity contribution in [3.8, 4) is 0 Å². The number of rotatable bonds is 3. The van der Waals surface area contributed by atoms with Gasteiger partial charge in [-0.25, -0.2) is 4.99 Å². The number of aliphatic imine (C=N–C) groups is 1. The fraction of sp³-hybridized carbons (Fsp3) is 0.286. The van der Waals surface area contributed by atoms with Crippen LogP contribution in [0.4, 0.5) is 0 Å². The molecule has 98 valence electrons. The molecule has 0 saturated carbocycles. The first kappa shape index (κ1) is 12.6. The molecule has 0 spiro atoms. The van der Waals surface area contributed by atoms with Crippen molar-refractivity contribution >= 4 is 34.4 Å². The lowest BCUT2D eigenvalue weighted by Crippen LogP contribution is -2.17. The van der Waals surface area contributed by atoms with E-state index in [2.05, 4.69) is 4.99 Å². The predicted molar refractivity (Wildman–Crippen MR) is 78.6 cm³/mol. The van der Waals surface area contributed by atoms with Crippen LogP contribution in [0.2, 0.25) is 0 Å². The summed E-state index contributed by atoms with van der Waals surface area (Å²) in [7, 11) is 0. The van der Waals surface area contributed by atoms with E-state index in [4.69, 9.17) is 4.74 Å². The fourth-order valence-electron chi connectivity index (χ4n) is 1.90. The van der Waals surface area contributed by atoms with Crippen LogP contribution in [0.3, 0.4) is 0 Å². The van der Waals surface area contributed by atoms with Crippen molar-refractivity contribution in [2.45, 2.75) is 19.4 Å². The topological polar surface area (TPSA) is 38.7 Å². The first-order valence-corrected chi connectivity index (χ1v) is 7.71. The molecule has 0 atom stereocenters. The van der Waals surface area contributed by atoms with Gasteiger partial charge in [0.1, 0.15) is 6.61 Å². The summed E-state index contributed by atoms with van der Waals surface area (Å²) in [6, 6.07) is 5.64. The highest BCUT2D eigenvalue weighted by Crippen LogP contribution is 2.28. The Morgan fingerprint density at radius 3 is 2.79 bits per heavy atom. The van der Waals surface area contributed by atoms with Crippen LogP contribution in [0.1, 0.15) is 34.0 Å². The lowest BCUT2D eigenvalue weighted by Gasteiger charge is -2.07. The van der Waals surface area contributed by atoms with Crippen molar-refractivity contribution < 1.29 is 9.53 Å². The Morgan fingerprint density at radius 1 is 1.32 bits per heavy atom. The molecule has 2 aromatic heterocycles. The summed E-state index contributed by atoms with van der Waals surface area (Å²) in [5.74, 6) is 0.641. The van der Waals surface area contributed by atoms with Crippen LogP contribution in [0, 0.1) is 0 Å². The Bertz CT molecular complexity index is 638. The number of ether oxygens (including phenoxy) is 1. The van der Waals surface area contributed by atoms with Crippen molar-refractivity contribution in [2.24, 2.45) is 4.99 Å². The van der Waals surface area contributed by atoms with Crippen LogP contribution in [0.15, 0.2) is 34.0 Å². The Labute approximate surface area is 119 Å². The molecule has 0 fully saturated rings. The normalized spacial score (nSPS) is 17.1. The molecular weight excluding hydrogens is 278 g/mol. The van der Waals surface area contributed by atoms with Crippen molar-refractivity contribution in [2.75, 3.05) is 6.61 Å². The van der Waals surface area contributed by atoms with Crippen molar-refractivity contribution in [3.63, 3.8) is 0 Å². The molecule has 3 nitrogen and oxygen atoms in total. The van der Waals surface area contributed by atoms with E-state index >= 15 is 0 Å². The SMILES string of the molecule is CC1(C)COC(c2ccsc2C(=O)c2cccs2)=N1. The molecule has 0 radical (unpaired) electrons. The molecule has 0 unspecified atom stereocenters. The molecule has 19 heavy (non-hydrogen) atoms. The predicted octanol–water partition coefficient (Wildman–Crippen LogP) is 3.60. The molecule has 0 bridgehead atoms. The number of thiophene rings is 2. The van der Waals surface area contributed by atoms with Crippen LogP contribution in [0.25, 0.3) is 0 Å². The molecule has 3 rings (SSSR count). The van der Waals surface area contributed by atoms with E-state index in [1.54, 1.807) is 0 Å². The average Bonchev–Trinajstić information content (AvgIpc) is 3.06. The Balaban J connectivity index is 1.98. The summed E-state index contributed by atoms with van der Waals surface area (Å²) in [5, 5.41) is 3.82. The van der Waals surface area contributed by atoms with Gasteiger partial charge >= 0.3 is 0 Å². The number of hydrogen-bond donors (Lipinski definition) is 0. The second-order valence-electron chi connectivity index (χ2n) is 4.99. The first-order valence-electron chi connectivity index (χ1n) is 5.95. The molecular formula is C14H13NO2S2. The molecule has 0 N–H and O–H groups in total. The highest BCUT2D eigenvalue weighted by Gasteiger charge is 2.30. The van der Waals surface area contributed by atoms with E-state index in [-0.39, 0.29) is 11.3 Å². The molecule has 0 amide bonds. The first-order chi connectivity index (χ1) is 9.07. The van der Waals surface area contributed by atoms with Gasteiger partial charge in [-0.15, -0.1) is 22.7 Å². The highest BCUT2D eigenvalue weighted by atomic mass is 32.1. The average molecular weight is 291 g/mol. The van der Waals surface area contributed by atoms with Crippen LogP contribution in [0.5, 0.6) is 0 Å². The Hall–Kier alpha value is -1.46. The molecule has 0 aliphatic carbocycles. The third-order valence-corrected chi connectivity index (χ3v) is 4.59. The van der Waals surface area contributed by atoms with Crippen LogP contribution in [-0.2, 0) is 4.74 Å². The maximum Gasteiger partial charge on any atom is 0.218 e. The minimum Gasteiger partial charge on any atom is -0.475 e. The second kappa shape index (κ2) is 4.58. The quantitative estimate of drug-likeness (QED) is 0.811. The third kappa shape index (κ3) is 2.35. The van der Waals surface area contributed by atoms with E-state index in [0.717, 1.165) is 10.4 Å². The van der Waals surface area contributed by atoms with Gasteiger partial charge in [0, 0.05) is 0 Å². The molecule has 3 heterocycles. The zero-order valence-electron chi connectivity index (χ0n) is 10.7. The highest BCUT2D eigenvalue weighted by molar-refractivity contribution is 7.16. The maximum atomic E-state index is 12.4. The maximum absolute atomic E-state index is 12.4. The Morgan fingerprint density at radius 2 is 2.16 bits per heavy atom. The van der Waals surface area contributed by atoms with Crippen LogP contribution in [-0.4, -0.2) is 23.8 Å². The van der Waals surface area contributed by atoms with Gasteiger partial charge in [-0.05, 0) is 36.7 Å². The molecule has 0 aromatic carbocycles. The van der Waals surface area contributed by atoms with Crippen molar-refractivity contribution in [3.05, 3.63) is 44.3 Å². The van der Waals surface area contributed by atoms with Crippen molar-refractivity contribution in [1.82, 2.24) is 0 Å². The second-order valence-corrected chi connectivity index (χ2v) is 6.85.